The lowest BCUT2D eigenvalue weighted by atomic mass is 10.1. The van der Waals surface area contributed by atoms with E-state index in [1.54, 1.807) is 0 Å². The number of nitrogens with one attached hydrogen (secondary N) is 1. The number of halogens is 1. The average Bonchev–Trinajstić information content (AvgIpc) is 3.02. The number of hydrogen-bond acceptors (Lipinski definition) is 2. The molecule has 2 heterocycles. The van der Waals surface area contributed by atoms with Crippen molar-refractivity contribution in [3.05, 3.63) is 84.2 Å². The summed E-state index contributed by atoms with van der Waals surface area (Å²) in [6, 6.07) is 22.9. The molecule has 4 heteroatoms. The summed E-state index contributed by atoms with van der Waals surface area (Å²) in [6.45, 7) is 0. The lowest BCUT2D eigenvalue weighted by Crippen LogP contribution is -2.24. The molecule has 3 nitrogen and oxygen atoms in total. The van der Waals surface area contributed by atoms with E-state index in [2.05, 4.69) is 28.1 Å². The van der Waals surface area contributed by atoms with Crippen molar-refractivity contribution in [3.63, 3.8) is 0 Å². The first-order valence-corrected chi connectivity index (χ1v) is 7.90. The summed E-state index contributed by atoms with van der Waals surface area (Å²) in [5, 5.41) is 3.57. The summed E-state index contributed by atoms with van der Waals surface area (Å²) in [7, 11) is 0. The van der Waals surface area contributed by atoms with Crippen molar-refractivity contribution in [1.82, 2.24) is 9.55 Å². The van der Waals surface area contributed by atoms with E-state index in [0.717, 1.165) is 33.7 Å². The van der Waals surface area contributed by atoms with Gasteiger partial charge in [0, 0.05) is 11.3 Å². The Bertz CT molecular complexity index is 1050. The molecular weight excluding hydrogens is 301 g/mol. The standard InChI is InChI=1S/C20H14FN3/c21-14-11-9-13(10-12-14)19-22-16-6-2-1-5-15(16)20-23-17-7-3-4-8-18(17)24(19)20/h1-12,19,22H/t19-/m0/s1. The Morgan fingerprint density at radius 3 is 2.50 bits per heavy atom. The van der Waals surface area contributed by atoms with Crippen LogP contribution in [0.1, 0.15) is 11.7 Å². The monoisotopic (exact) mass is 315 g/mol. The van der Waals surface area contributed by atoms with Gasteiger partial charge in [0.15, 0.2) is 0 Å². The van der Waals surface area contributed by atoms with E-state index in [4.69, 9.17) is 4.98 Å². The van der Waals surface area contributed by atoms with Gasteiger partial charge in [0.25, 0.3) is 0 Å². The Balaban J connectivity index is 1.81. The van der Waals surface area contributed by atoms with Crippen LogP contribution in [0.2, 0.25) is 0 Å². The number of aromatic nitrogens is 2. The van der Waals surface area contributed by atoms with Gasteiger partial charge in [0.1, 0.15) is 17.8 Å². The van der Waals surface area contributed by atoms with Crippen LogP contribution < -0.4 is 5.32 Å². The Kier molecular flexibility index (Phi) is 2.73. The summed E-state index contributed by atoms with van der Waals surface area (Å²) in [6.07, 6.45) is -0.122. The first kappa shape index (κ1) is 13.3. The summed E-state index contributed by atoms with van der Waals surface area (Å²) < 4.78 is 15.5. The van der Waals surface area contributed by atoms with Crippen molar-refractivity contribution in [2.75, 3.05) is 5.32 Å². The Hall–Kier alpha value is -3.14. The van der Waals surface area contributed by atoms with E-state index in [1.807, 2.05) is 42.5 Å². The molecule has 1 aliphatic rings. The van der Waals surface area contributed by atoms with Gasteiger partial charge in [-0.2, -0.15) is 0 Å². The van der Waals surface area contributed by atoms with Crippen LogP contribution in [0, 0.1) is 5.82 Å². The molecule has 1 aliphatic heterocycles. The molecule has 0 aliphatic carbocycles. The topological polar surface area (TPSA) is 29.9 Å². The third kappa shape index (κ3) is 1.86. The van der Waals surface area contributed by atoms with Crippen molar-refractivity contribution >= 4 is 16.7 Å². The minimum absolute atomic E-state index is 0.122. The van der Waals surface area contributed by atoms with Crippen molar-refractivity contribution in [3.8, 4) is 11.4 Å². The highest BCUT2D eigenvalue weighted by Gasteiger charge is 2.27. The number of anilines is 1. The molecule has 1 aromatic heterocycles. The second-order valence-corrected chi connectivity index (χ2v) is 5.94. The van der Waals surface area contributed by atoms with Gasteiger partial charge < -0.3 is 5.32 Å². The largest absolute Gasteiger partial charge is 0.361 e. The molecular formula is C20H14FN3. The van der Waals surface area contributed by atoms with Crippen molar-refractivity contribution < 1.29 is 4.39 Å². The van der Waals surface area contributed by atoms with Crippen LogP contribution in [-0.2, 0) is 0 Å². The molecule has 3 aromatic carbocycles. The van der Waals surface area contributed by atoms with Crippen LogP contribution in [-0.4, -0.2) is 9.55 Å². The summed E-state index contributed by atoms with van der Waals surface area (Å²) in [5.41, 5.74) is 5.12. The van der Waals surface area contributed by atoms with Gasteiger partial charge in [0.2, 0.25) is 0 Å². The van der Waals surface area contributed by atoms with Crippen LogP contribution in [0.3, 0.4) is 0 Å². The third-order valence-electron chi connectivity index (χ3n) is 4.50. The molecule has 0 spiro atoms. The fraction of sp³-hybridized carbons (Fsp3) is 0.0500. The van der Waals surface area contributed by atoms with E-state index in [-0.39, 0.29) is 12.0 Å². The zero-order valence-corrected chi connectivity index (χ0v) is 12.8. The van der Waals surface area contributed by atoms with Gasteiger partial charge in [-0.1, -0.05) is 36.4 Å². The number of imidazole rings is 1. The second-order valence-electron chi connectivity index (χ2n) is 5.94. The zero-order chi connectivity index (χ0) is 16.1. The molecule has 4 aromatic rings. The fourth-order valence-corrected chi connectivity index (χ4v) is 3.39. The maximum Gasteiger partial charge on any atom is 0.145 e. The van der Waals surface area contributed by atoms with Crippen LogP contribution in [0.4, 0.5) is 10.1 Å². The number of benzene rings is 3. The predicted molar refractivity (Wildman–Crippen MR) is 93.3 cm³/mol. The number of fused-ring (bicyclic) bond motifs is 5. The molecule has 0 saturated carbocycles. The molecule has 0 saturated heterocycles. The highest BCUT2D eigenvalue weighted by atomic mass is 19.1. The van der Waals surface area contributed by atoms with Gasteiger partial charge in [-0.15, -0.1) is 0 Å². The minimum atomic E-state index is -0.231. The van der Waals surface area contributed by atoms with Crippen molar-refractivity contribution in [1.29, 1.82) is 0 Å². The summed E-state index contributed by atoms with van der Waals surface area (Å²) in [4.78, 5) is 4.84. The molecule has 116 valence electrons. The highest BCUT2D eigenvalue weighted by molar-refractivity contribution is 5.86. The van der Waals surface area contributed by atoms with Gasteiger partial charge >= 0.3 is 0 Å². The first-order chi connectivity index (χ1) is 11.8. The molecule has 0 radical (unpaired) electrons. The van der Waals surface area contributed by atoms with Gasteiger partial charge in [0.05, 0.1) is 11.0 Å². The Morgan fingerprint density at radius 1 is 0.875 bits per heavy atom. The van der Waals surface area contributed by atoms with E-state index in [9.17, 15) is 4.39 Å². The Morgan fingerprint density at radius 2 is 1.62 bits per heavy atom. The van der Waals surface area contributed by atoms with Gasteiger partial charge in [-0.3, -0.25) is 4.57 Å². The quantitative estimate of drug-likeness (QED) is 0.546. The maximum atomic E-state index is 13.3. The van der Waals surface area contributed by atoms with Gasteiger partial charge in [-0.25, -0.2) is 9.37 Å². The molecule has 0 amide bonds. The van der Waals surface area contributed by atoms with E-state index >= 15 is 0 Å². The zero-order valence-electron chi connectivity index (χ0n) is 12.8. The summed E-state index contributed by atoms with van der Waals surface area (Å²) >= 11 is 0. The van der Waals surface area contributed by atoms with Crippen LogP contribution in [0.5, 0.6) is 0 Å². The lowest BCUT2D eigenvalue weighted by molar-refractivity contribution is 0.621. The lowest BCUT2D eigenvalue weighted by Gasteiger charge is -2.30. The summed E-state index contributed by atoms with van der Waals surface area (Å²) in [5.74, 6) is 0.700. The van der Waals surface area contributed by atoms with E-state index in [0.29, 0.717) is 0 Å². The maximum absolute atomic E-state index is 13.3. The number of para-hydroxylation sites is 3. The van der Waals surface area contributed by atoms with E-state index < -0.39 is 0 Å². The van der Waals surface area contributed by atoms with E-state index in [1.165, 1.54) is 12.1 Å². The molecule has 0 fully saturated rings. The minimum Gasteiger partial charge on any atom is -0.361 e. The average molecular weight is 315 g/mol. The number of hydrogen-bond donors (Lipinski definition) is 1. The van der Waals surface area contributed by atoms with Gasteiger partial charge in [-0.05, 0) is 42.0 Å². The van der Waals surface area contributed by atoms with Crippen LogP contribution in [0.25, 0.3) is 22.4 Å². The SMILES string of the molecule is Fc1ccc([C@H]2Nc3ccccc3-c3nc4ccccc4n32)cc1. The number of rotatable bonds is 1. The molecule has 24 heavy (non-hydrogen) atoms. The molecule has 0 bridgehead atoms. The second kappa shape index (κ2) is 4.93. The molecule has 1 atom stereocenters. The van der Waals surface area contributed by atoms with Crippen molar-refractivity contribution in [2.24, 2.45) is 0 Å². The fourth-order valence-electron chi connectivity index (χ4n) is 3.39. The predicted octanol–water partition coefficient (Wildman–Crippen LogP) is 4.81. The van der Waals surface area contributed by atoms with Crippen molar-refractivity contribution in [2.45, 2.75) is 6.17 Å². The molecule has 0 unspecified atom stereocenters. The Labute approximate surface area is 138 Å². The van der Waals surface area contributed by atoms with Crippen LogP contribution >= 0.6 is 0 Å². The smallest absolute Gasteiger partial charge is 0.145 e. The van der Waals surface area contributed by atoms with Crippen LogP contribution in [0.15, 0.2) is 72.8 Å². The first-order valence-electron chi connectivity index (χ1n) is 7.90. The molecule has 1 N–H and O–H groups in total. The number of nitrogens with zero attached hydrogens (tertiary/aromatic N) is 2. The third-order valence-corrected chi connectivity index (χ3v) is 4.50. The molecule has 5 rings (SSSR count). The normalized spacial score (nSPS) is 15.6. The highest BCUT2D eigenvalue weighted by Crippen LogP contribution is 2.40.